The molecule has 36 heavy (non-hydrogen) atoms. The van der Waals surface area contributed by atoms with Gasteiger partial charge in [0, 0.05) is 52.4 Å². The Kier molecular flexibility index (Phi) is 5.38. The predicted octanol–water partition coefficient (Wildman–Crippen LogP) is 1.55. The molecule has 5 heterocycles. The number of anilines is 1. The Hall–Kier alpha value is -3.97. The van der Waals surface area contributed by atoms with E-state index >= 15 is 0 Å². The van der Waals surface area contributed by atoms with E-state index in [0.717, 1.165) is 6.07 Å². The number of amides is 2. The third-order valence-corrected chi connectivity index (χ3v) is 6.84. The number of carbonyl (C=O) groups excluding carboxylic acids is 1. The molecule has 2 fully saturated rings. The molecule has 11 nitrogen and oxygen atoms in total. The van der Waals surface area contributed by atoms with Gasteiger partial charge in [-0.25, -0.2) is 44.4 Å². The highest BCUT2D eigenvalue weighted by Crippen LogP contribution is 2.38. The number of rotatable bonds is 5. The van der Waals surface area contributed by atoms with E-state index in [-0.39, 0.29) is 6.03 Å². The predicted molar refractivity (Wildman–Crippen MR) is 128 cm³/mol. The maximum atomic E-state index is 14.2. The van der Waals surface area contributed by atoms with Crippen molar-refractivity contribution in [1.82, 2.24) is 24.8 Å². The number of urea groups is 1. The van der Waals surface area contributed by atoms with E-state index in [1.807, 2.05) is 4.90 Å². The van der Waals surface area contributed by atoms with Crippen LogP contribution in [0.4, 0.5) is 19.3 Å². The first-order chi connectivity index (χ1) is 17.4. The Balaban J connectivity index is 1.15. The summed E-state index contributed by atoms with van der Waals surface area (Å²) in [5, 5.41) is 4.63. The summed E-state index contributed by atoms with van der Waals surface area (Å²) in [6.07, 6.45) is 2.45. The number of nitrogens with zero attached hydrogens (tertiary/aromatic N) is 8. The molecule has 0 radical (unpaired) electrons. The van der Waals surface area contributed by atoms with Crippen molar-refractivity contribution in [3.05, 3.63) is 59.7 Å². The fourth-order valence-corrected chi connectivity index (χ4v) is 4.97. The molecule has 4 aliphatic rings. The number of hydrogen-bond acceptors (Lipinski definition) is 9. The van der Waals surface area contributed by atoms with E-state index < -0.39 is 17.9 Å². The van der Waals surface area contributed by atoms with Crippen LogP contribution in [0.25, 0.3) is 5.70 Å². The van der Waals surface area contributed by atoms with Crippen molar-refractivity contribution < 1.29 is 18.0 Å². The first-order valence-corrected chi connectivity index (χ1v) is 11.6. The molecule has 13 heteroatoms. The highest BCUT2D eigenvalue weighted by molar-refractivity contribution is 6.12. The lowest BCUT2D eigenvalue weighted by atomic mass is 10.2. The highest BCUT2D eigenvalue weighted by atomic mass is 19.1. The highest BCUT2D eigenvalue weighted by Gasteiger charge is 2.51. The molecule has 2 amide bonds. The van der Waals surface area contributed by atoms with E-state index in [4.69, 9.17) is 15.3 Å². The van der Waals surface area contributed by atoms with Crippen LogP contribution in [0.1, 0.15) is 5.76 Å². The minimum absolute atomic E-state index is 0.181. The van der Waals surface area contributed by atoms with Gasteiger partial charge >= 0.3 is 6.03 Å². The zero-order valence-electron chi connectivity index (χ0n) is 19.6. The summed E-state index contributed by atoms with van der Waals surface area (Å²) in [7, 11) is 1.69. The van der Waals surface area contributed by atoms with Gasteiger partial charge < -0.3 is 9.32 Å². The Labute approximate surface area is 205 Å². The molecule has 2 aromatic rings. The van der Waals surface area contributed by atoms with Crippen molar-refractivity contribution >= 4 is 29.6 Å². The number of hydrazine groups is 2. The Bertz CT molecular complexity index is 1270. The second kappa shape index (κ2) is 8.60. The lowest BCUT2D eigenvalue weighted by molar-refractivity contribution is 0.0841. The number of halogens is 2. The molecule has 0 aliphatic carbocycles. The second-order valence-corrected chi connectivity index (χ2v) is 8.89. The number of amidine groups is 1. The summed E-state index contributed by atoms with van der Waals surface area (Å²) >= 11 is 0. The van der Waals surface area contributed by atoms with Gasteiger partial charge in [-0.3, -0.25) is 9.80 Å². The Morgan fingerprint density at radius 2 is 1.94 bits per heavy atom. The lowest BCUT2D eigenvalue weighted by Crippen LogP contribution is -2.49. The number of benzene rings is 1. The van der Waals surface area contributed by atoms with E-state index in [1.54, 1.807) is 35.4 Å². The molecule has 1 atom stereocenters. The van der Waals surface area contributed by atoms with Gasteiger partial charge in [-0.15, -0.1) is 0 Å². The van der Waals surface area contributed by atoms with Crippen LogP contribution in [0.3, 0.4) is 0 Å². The van der Waals surface area contributed by atoms with Crippen molar-refractivity contribution in [3.63, 3.8) is 0 Å². The van der Waals surface area contributed by atoms with Crippen molar-refractivity contribution in [3.8, 4) is 0 Å². The molecule has 0 saturated carbocycles. The van der Waals surface area contributed by atoms with E-state index in [2.05, 4.69) is 9.89 Å². The van der Waals surface area contributed by atoms with Crippen LogP contribution in [-0.4, -0.2) is 95.6 Å². The monoisotopic (exact) mass is 497 g/mol. The van der Waals surface area contributed by atoms with E-state index in [9.17, 15) is 13.6 Å². The number of hydrogen-bond donors (Lipinski definition) is 1. The van der Waals surface area contributed by atoms with Crippen molar-refractivity contribution in [2.24, 2.45) is 15.8 Å². The van der Waals surface area contributed by atoms with Crippen LogP contribution in [0.15, 0.2) is 56.7 Å². The molecule has 1 unspecified atom stereocenters. The molecule has 188 valence electrons. The van der Waals surface area contributed by atoms with E-state index in [0.29, 0.717) is 67.9 Å². The van der Waals surface area contributed by atoms with Crippen molar-refractivity contribution in [2.75, 3.05) is 51.2 Å². The Morgan fingerprint density at radius 3 is 2.67 bits per heavy atom. The van der Waals surface area contributed by atoms with Crippen molar-refractivity contribution in [2.45, 2.75) is 6.29 Å². The van der Waals surface area contributed by atoms with Crippen LogP contribution in [0.5, 0.6) is 0 Å². The molecule has 1 aromatic carbocycles. The molecule has 2 N–H and O–H groups in total. The molecule has 2 saturated heterocycles. The van der Waals surface area contributed by atoms with Gasteiger partial charge in [0.2, 0.25) is 6.29 Å². The first-order valence-electron chi connectivity index (χ1n) is 11.6. The number of nitrogens with two attached hydrogens (primary N) is 1. The SMILES string of the molecule is CN1C(=O)N(CCN2CCN(c3ccc(F)cc3F)CC2)C2N=C3C(=C(c4ccco4)N=CN3N)N21. The van der Waals surface area contributed by atoms with Crippen LogP contribution in [0, 0.1) is 11.6 Å². The topological polar surface area (TPSA) is 100 Å². The normalized spacial score (nSPS) is 22.1. The van der Waals surface area contributed by atoms with Gasteiger partial charge in [0.05, 0.1) is 12.0 Å². The molecule has 0 bridgehead atoms. The standard InChI is InChI=1S/C23H25F2N9O2/c1-29-23(35)32(11-8-30-6-9-31(10-7-30)17-5-4-15(24)13-16(17)25)22-28-21-20(34(22)29)19(27-14-33(21)26)18-3-2-12-36-18/h2-5,12-14,22H,6-11,26H2,1H3. The summed E-state index contributed by atoms with van der Waals surface area (Å²) in [6, 6.07) is 7.04. The van der Waals surface area contributed by atoms with Crippen LogP contribution in [0.2, 0.25) is 0 Å². The fraction of sp³-hybridized carbons (Fsp3) is 0.348. The molecular formula is C23H25F2N9O2. The molecular weight excluding hydrogens is 472 g/mol. The second-order valence-electron chi connectivity index (χ2n) is 8.89. The Morgan fingerprint density at radius 1 is 1.14 bits per heavy atom. The van der Waals surface area contributed by atoms with Gasteiger partial charge in [0.25, 0.3) is 0 Å². The number of piperazine rings is 1. The molecule has 1 aromatic heterocycles. The van der Waals surface area contributed by atoms with Crippen LogP contribution >= 0.6 is 0 Å². The number of carbonyl (C=O) groups is 1. The third kappa shape index (κ3) is 3.58. The maximum Gasteiger partial charge on any atom is 0.341 e. The van der Waals surface area contributed by atoms with Crippen LogP contribution in [-0.2, 0) is 0 Å². The summed E-state index contributed by atoms with van der Waals surface area (Å²) in [5.74, 6) is 6.02. The first kappa shape index (κ1) is 22.5. The summed E-state index contributed by atoms with van der Waals surface area (Å²) in [6.45, 7) is 3.66. The smallest absolute Gasteiger partial charge is 0.341 e. The number of fused-ring (bicyclic) bond motifs is 3. The third-order valence-electron chi connectivity index (χ3n) is 6.84. The minimum Gasteiger partial charge on any atom is -0.463 e. The average molecular weight is 498 g/mol. The number of furan rings is 1. The molecule has 6 rings (SSSR count). The zero-order chi connectivity index (χ0) is 25.0. The van der Waals surface area contributed by atoms with Crippen molar-refractivity contribution in [1.29, 1.82) is 0 Å². The zero-order valence-corrected chi connectivity index (χ0v) is 19.6. The molecule has 0 spiro atoms. The van der Waals surface area contributed by atoms with Gasteiger partial charge in [-0.1, -0.05) is 0 Å². The van der Waals surface area contributed by atoms with Gasteiger partial charge in [-0.05, 0) is 24.3 Å². The fourth-order valence-electron chi connectivity index (χ4n) is 4.97. The summed E-state index contributed by atoms with van der Waals surface area (Å²) in [4.78, 5) is 28.1. The summed E-state index contributed by atoms with van der Waals surface area (Å²) < 4.78 is 33.0. The summed E-state index contributed by atoms with van der Waals surface area (Å²) in [5.41, 5.74) is 1.56. The molecule has 4 aliphatic heterocycles. The van der Waals surface area contributed by atoms with Gasteiger partial charge in [0.1, 0.15) is 29.4 Å². The quantitative estimate of drug-likeness (QED) is 0.626. The number of aliphatic imine (C=N–C) groups is 2. The van der Waals surface area contributed by atoms with Gasteiger partial charge in [-0.2, -0.15) is 0 Å². The maximum absolute atomic E-state index is 14.2. The average Bonchev–Trinajstić information content (AvgIpc) is 3.58. The largest absolute Gasteiger partial charge is 0.463 e. The minimum atomic E-state index is -0.587. The lowest BCUT2D eigenvalue weighted by Gasteiger charge is -2.36. The van der Waals surface area contributed by atoms with Crippen LogP contribution < -0.4 is 10.7 Å². The van der Waals surface area contributed by atoms with E-state index in [1.165, 1.54) is 28.5 Å². The van der Waals surface area contributed by atoms with Gasteiger partial charge in [0.15, 0.2) is 11.6 Å².